The molecule has 0 spiro atoms. The van der Waals surface area contributed by atoms with Gasteiger partial charge in [0.25, 0.3) is 5.91 Å². The van der Waals surface area contributed by atoms with Crippen LogP contribution in [0.1, 0.15) is 5.56 Å². The van der Waals surface area contributed by atoms with Crippen molar-refractivity contribution >= 4 is 44.8 Å². The lowest BCUT2D eigenvalue weighted by atomic mass is 10.2. The number of methoxy groups -OCH3 is 1. The highest BCUT2D eigenvalue weighted by atomic mass is 79.9. The lowest BCUT2D eigenvalue weighted by Gasteiger charge is -2.12. The van der Waals surface area contributed by atoms with Crippen LogP contribution >= 0.6 is 27.5 Å². The third-order valence-electron chi connectivity index (χ3n) is 4.08. The lowest BCUT2D eigenvalue weighted by Crippen LogP contribution is -2.20. The monoisotopic (exact) mass is 474 g/mol. The van der Waals surface area contributed by atoms with Crippen LogP contribution in [0.3, 0.4) is 0 Å². The largest absolute Gasteiger partial charge is 0.495 e. The zero-order chi connectivity index (χ0) is 20.6. The molecule has 0 aromatic heterocycles. The molecular formula is C22H20BrClN2O3. The maximum absolute atomic E-state index is 12.2. The summed E-state index contributed by atoms with van der Waals surface area (Å²) in [6.07, 6.45) is 0. The third kappa shape index (κ3) is 6.14. The fourth-order valence-corrected chi connectivity index (χ4v) is 3.14. The summed E-state index contributed by atoms with van der Waals surface area (Å²) >= 11 is 9.73. The number of halogens is 2. The number of nitrogens with one attached hydrogen (secondary N) is 2. The first-order valence-electron chi connectivity index (χ1n) is 8.88. The molecule has 0 heterocycles. The minimum absolute atomic E-state index is 0.158. The molecule has 1 amide bonds. The summed E-state index contributed by atoms with van der Waals surface area (Å²) in [4.78, 5) is 12.2. The highest BCUT2D eigenvalue weighted by Gasteiger charge is 2.10. The zero-order valence-electron chi connectivity index (χ0n) is 15.7. The number of carbonyl (C=O) groups excluding carboxylic acids is 1. The fourth-order valence-electron chi connectivity index (χ4n) is 2.62. The van der Waals surface area contributed by atoms with Crippen molar-refractivity contribution in [2.45, 2.75) is 6.54 Å². The maximum Gasteiger partial charge on any atom is 0.262 e. The van der Waals surface area contributed by atoms with Gasteiger partial charge in [-0.2, -0.15) is 0 Å². The van der Waals surface area contributed by atoms with E-state index < -0.39 is 0 Å². The number of para-hydroxylation sites is 2. The number of anilines is 2. The van der Waals surface area contributed by atoms with E-state index in [2.05, 4.69) is 26.6 Å². The van der Waals surface area contributed by atoms with Crippen LogP contribution in [-0.4, -0.2) is 19.6 Å². The number of amides is 1. The Kier molecular flexibility index (Phi) is 7.38. The molecule has 7 heteroatoms. The van der Waals surface area contributed by atoms with Crippen LogP contribution in [0.15, 0.2) is 71.2 Å². The van der Waals surface area contributed by atoms with Gasteiger partial charge in [0.15, 0.2) is 6.61 Å². The molecule has 0 unspecified atom stereocenters. The van der Waals surface area contributed by atoms with Crippen LogP contribution in [0.25, 0.3) is 0 Å². The number of carbonyl (C=O) groups is 1. The Morgan fingerprint density at radius 2 is 1.79 bits per heavy atom. The van der Waals surface area contributed by atoms with Crippen molar-refractivity contribution in [2.75, 3.05) is 24.4 Å². The second-order valence-corrected chi connectivity index (χ2v) is 7.49. The fraction of sp³-hybridized carbons (Fsp3) is 0.136. The van der Waals surface area contributed by atoms with Crippen molar-refractivity contribution < 1.29 is 14.3 Å². The highest BCUT2D eigenvalue weighted by molar-refractivity contribution is 9.10. The summed E-state index contributed by atoms with van der Waals surface area (Å²) in [5.41, 5.74) is 2.60. The van der Waals surface area contributed by atoms with Crippen LogP contribution in [0.2, 0.25) is 5.02 Å². The van der Waals surface area contributed by atoms with Crippen LogP contribution in [0.5, 0.6) is 11.5 Å². The molecular weight excluding hydrogens is 456 g/mol. The molecule has 29 heavy (non-hydrogen) atoms. The van der Waals surface area contributed by atoms with Gasteiger partial charge in [-0.05, 0) is 54.1 Å². The molecule has 0 saturated carbocycles. The highest BCUT2D eigenvalue weighted by Crippen LogP contribution is 2.27. The normalized spacial score (nSPS) is 10.3. The molecule has 0 aliphatic carbocycles. The first-order valence-corrected chi connectivity index (χ1v) is 10.1. The van der Waals surface area contributed by atoms with Crippen molar-refractivity contribution in [2.24, 2.45) is 0 Å². The predicted molar refractivity (Wildman–Crippen MR) is 120 cm³/mol. The van der Waals surface area contributed by atoms with Crippen LogP contribution in [-0.2, 0) is 11.3 Å². The summed E-state index contributed by atoms with van der Waals surface area (Å²) in [7, 11) is 1.55. The molecule has 0 saturated heterocycles. The molecule has 0 atom stereocenters. The van der Waals surface area contributed by atoms with Gasteiger partial charge in [0, 0.05) is 16.7 Å². The number of hydrogen-bond donors (Lipinski definition) is 2. The average molecular weight is 476 g/mol. The predicted octanol–water partition coefficient (Wildman–Crippen LogP) is 5.74. The summed E-state index contributed by atoms with van der Waals surface area (Å²) in [5.74, 6) is 0.738. The van der Waals surface area contributed by atoms with E-state index >= 15 is 0 Å². The van der Waals surface area contributed by atoms with Crippen molar-refractivity contribution in [3.8, 4) is 11.5 Å². The Morgan fingerprint density at radius 3 is 2.52 bits per heavy atom. The van der Waals surface area contributed by atoms with Crippen LogP contribution in [0.4, 0.5) is 11.4 Å². The minimum atomic E-state index is -0.299. The van der Waals surface area contributed by atoms with Gasteiger partial charge in [-0.15, -0.1) is 0 Å². The van der Waals surface area contributed by atoms with Gasteiger partial charge < -0.3 is 20.1 Å². The molecule has 2 N–H and O–H groups in total. The molecule has 3 rings (SSSR count). The van der Waals surface area contributed by atoms with Crippen molar-refractivity contribution in [1.29, 1.82) is 0 Å². The molecule has 0 aliphatic rings. The lowest BCUT2D eigenvalue weighted by molar-refractivity contribution is -0.118. The van der Waals surface area contributed by atoms with Crippen LogP contribution < -0.4 is 20.1 Å². The average Bonchev–Trinajstić information content (AvgIpc) is 2.73. The van der Waals surface area contributed by atoms with Crippen molar-refractivity contribution in [3.05, 3.63) is 81.8 Å². The summed E-state index contributed by atoms with van der Waals surface area (Å²) < 4.78 is 11.8. The Bertz CT molecular complexity index is 980. The second kappa shape index (κ2) is 10.2. The molecule has 3 aromatic rings. The van der Waals surface area contributed by atoms with E-state index in [1.165, 1.54) is 0 Å². The smallest absolute Gasteiger partial charge is 0.262 e. The number of rotatable bonds is 8. The number of ether oxygens (including phenoxy) is 2. The first-order chi connectivity index (χ1) is 14.0. The minimum Gasteiger partial charge on any atom is -0.495 e. The topological polar surface area (TPSA) is 59.6 Å². The zero-order valence-corrected chi connectivity index (χ0v) is 18.1. The summed E-state index contributed by atoms with van der Waals surface area (Å²) in [6.45, 7) is 0.462. The second-order valence-electron chi connectivity index (χ2n) is 6.16. The van der Waals surface area contributed by atoms with E-state index in [0.29, 0.717) is 28.8 Å². The first kappa shape index (κ1) is 21.0. The van der Waals surface area contributed by atoms with Crippen molar-refractivity contribution in [1.82, 2.24) is 0 Å². The van der Waals surface area contributed by atoms with Gasteiger partial charge in [0.05, 0.1) is 17.8 Å². The molecule has 0 radical (unpaired) electrons. The van der Waals surface area contributed by atoms with Gasteiger partial charge in [0.2, 0.25) is 0 Å². The Hall–Kier alpha value is -2.70. The molecule has 0 aliphatic heterocycles. The summed E-state index contributed by atoms with van der Waals surface area (Å²) in [6, 6.07) is 20.6. The standard InChI is InChI=1S/C22H20BrClN2O3/c1-28-21-5-3-2-4-19(21)26-22(27)14-29-20-11-6-15(12-18(20)24)13-25-17-9-7-16(23)8-10-17/h2-12,25H,13-14H2,1H3,(H,26,27). The van der Waals surface area contributed by atoms with Gasteiger partial charge >= 0.3 is 0 Å². The Morgan fingerprint density at radius 1 is 1.03 bits per heavy atom. The van der Waals surface area contributed by atoms with Crippen LogP contribution in [0, 0.1) is 0 Å². The SMILES string of the molecule is COc1ccccc1NC(=O)COc1ccc(CNc2ccc(Br)cc2)cc1Cl. The number of hydrogen-bond acceptors (Lipinski definition) is 4. The summed E-state index contributed by atoms with van der Waals surface area (Å²) in [5, 5.41) is 6.54. The quantitative estimate of drug-likeness (QED) is 0.436. The Balaban J connectivity index is 1.53. The molecule has 150 valence electrons. The van der Waals surface area contributed by atoms with Gasteiger partial charge in [0.1, 0.15) is 11.5 Å². The van der Waals surface area contributed by atoms with Gasteiger partial charge in [-0.3, -0.25) is 4.79 Å². The van der Waals surface area contributed by atoms with E-state index in [1.807, 2.05) is 48.5 Å². The van der Waals surface area contributed by atoms with E-state index in [9.17, 15) is 4.79 Å². The van der Waals surface area contributed by atoms with E-state index in [-0.39, 0.29) is 12.5 Å². The maximum atomic E-state index is 12.2. The van der Waals surface area contributed by atoms with Crippen molar-refractivity contribution in [3.63, 3.8) is 0 Å². The van der Waals surface area contributed by atoms with Gasteiger partial charge in [-0.1, -0.05) is 45.7 Å². The van der Waals surface area contributed by atoms with E-state index in [1.54, 1.807) is 25.3 Å². The van der Waals surface area contributed by atoms with E-state index in [0.717, 1.165) is 15.7 Å². The third-order valence-corrected chi connectivity index (χ3v) is 4.90. The van der Waals surface area contributed by atoms with E-state index in [4.69, 9.17) is 21.1 Å². The molecule has 0 bridgehead atoms. The van der Waals surface area contributed by atoms with Gasteiger partial charge in [-0.25, -0.2) is 0 Å². The molecule has 5 nitrogen and oxygen atoms in total. The molecule has 3 aromatic carbocycles. The Labute approximate surface area is 183 Å². The molecule has 0 fully saturated rings. The number of benzene rings is 3.